The topological polar surface area (TPSA) is 31.2 Å². The Bertz CT molecular complexity index is 274. The van der Waals surface area contributed by atoms with Crippen LogP contribution >= 0.6 is 11.6 Å². The van der Waals surface area contributed by atoms with Crippen LogP contribution in [0.2, 0.25) is 5.02 Å². The number of ether oxygens (including phenoxy) is 1. The highest BCUT2D eigenvalue weighted by Gasteiger charge is 2.14. The smallest absolute Gasteiger partial charge is 0.356 e. The average molecular weight is 188 g/mol. The number of carbonyl (C=O) groups is 1. The van der Waals surface area contributed by atoms with Crippen molar-refractivity contribution in [3.8, 4) is 0 Å². The van der Waals surface area contributed by atoms with Gasteiger partial charge in [0.05, 0.1) is 11.6 Å². The summed E-state index contributed by atoms with van der Waals surface area (Å²) in [7, 11) is 1.75. The van der Waals surface area contributed by atoms with Crippen molar-refractivity contribution in [2.45, 2.75) is 6.92 Å². The third kappa shape index (κ3) is 1.61. The highest BCUT2D eigenvalue weighted by molar-refractivity contribution is 6.33. The van der Waals surface area contributed by atoms with E-state index in [4.69, 9.17) is 16.3 Å². The Kier molecular flexibility index (Phi) is 2.76. The van der Waals surface area contributed by atoms with Crippen LogP contribution in [0.15, 0.2) is 12.3 Å². The predicted octanol–water partition coefficient (Wildman–Crippen LogP) is 1.86. The predicted molar refractivity (Wildman–Crippen MR) is 46.4 cm³/mol. The molecular formula is C8H10ClNO2. The molecule has 0 amide bonds. The minimum atomic E-state index is -0.380. The molecule has 0 bridgehead atoms. The number of hydrogen-bond donors (Lipinski definition) is 0. The molecule has 1 rings (SSSR count). The Morgan fingerprint density at radius 3 is 2.83 bits per heavy atom. The molecule has 12 heavy (non-hydrogen) atoms. The van der Waals surface area contributed by atoms with Gasteiger partial charge in [0.1, 0.15) is 5.69 Å². The van der Waals surface area contributed by atoms with Crippen molar-refractivity contribution in [1.82, 2.24) is 4.57 Å². The quantitative estimate of drug-likeness (QED) is 0.662. The summed E-state index contributed by atoms with van der Waals surface area (Å²) in [5.41, 5.74) is 0.401. The Morgan fingerprint density at radius 2 is 2.42 bits per heavy atom. The van der Waals surface area contributed by atoms with Gasteiger partial charge in [0.25, 0.3) is 0 Å². The van der Waals surface area contributed by atoms with E-state index in [0.29, 0.717) is 17.3 Å². The second kappa shape index (κ2) is 3.63. The summed E-state index contributed by atoms with van der Waals surface area (Å²) in [6.07, 6.45) is 1.72. The van der Waals surface area contributed by atoms with Gasteiger partial charge in [-0.2, -0.15) is 0 Å². The van der Waals surface area contributed by atoms with Crippen molar-refractivity contribution >= 4 is 17.6 Å². The molecule has 0 aliphatic rings. The summed E-state index contributed by atoms with van der Waals surface area (Å²) in [6, 6.07) is 1.66. The van der Waals surface area contributed by atoms with E-state index in [2.05, 4.69) is 0 Å². The van der Waals surface area contributed by atoms with Crippen LogP contribution in [-0.4, -0.2) is 17.1 Å². The Labute approximate surface area is 75.9 Å². The van der Waals surface area contributed by atoms with Gasteiger partial charge in [-0.15, -0.1) is 0 Å². The zero-order chi connectivity index (χ0) is 9.14. The normalized spacial score (nSPS) is 9.92. The third-order valence-electron chi connectivity index (χ3n) is 1.49. The third-order valence-corrected chi connectivity index (χ3v) is 1.80. The molecule has 1 aromatic heterocycles. The molecular weight excluding hydrogens is 178 g/mol. The van der Waals surface area contributed by atoms with Crippen LogP contribution in [0.3, 0.4) is 0 Å². The number of halogens is 1. The van der Waals surface area contributed by atoms with E-state index in [9.17, 15) is 4.79 Å². The van der Waals surface area contributed by atoms with E-state index in [1.807, 2.05) is 0 Å². The minimum Gasteiger partial charge on any atom is -0.461 e. The molecule has 0 aliphatic carbocycles. The molecule has 0 spiro atoms. The maximum atomic E-state index is 11.2. The first-order chi connectivity index (χ1) is 5.66. The number of aromatic nitrogens is 1. The molecule has 0 fully saturated rings. The molecule has 3 nitrogen and oxygen atoms in total. The molecule has 1 aromatic rings. The molecule has 0 saturated heterocycles. The van der Waals surface area contributed by atoms with Gasteiger partial charge >= 0.3 is 5.97 Å². The lowest BCUT2D eigenvalue weighted by Crippen LogP contribution is -2.09. The van der Waals surface area contributed by atoms with E-state index in [1.54, 1.807) is 30.8 Å². The summed E-state index contributed by atoms with van der Waals surface area (Å²) in [5.74, 6) is -0.380. The summed E-state index contributed by atoms with van der Waals surface area (Å²) in [4.78, 5) is 11.2. The van der Waals surface area contributed by atoms with Crippen molar-refractivity contribution in [3.05, 3.63) is 23.0 Å². The second-order valence-electron chi connectivity index (χ2n) is 2.34. The van der Waals surface area contributed by atoms with Gasteiger partial charge in [-0.05, 0) is 13.0 Å². The maximum absolute atomic E-state index is 11.2. The lowest BCUT2D eigenvalue weighted by atomic mass is 10.4. The van der Waals surface area contributed by atoms with Crippen molar-refractivity contribution in [2.75, 3.05) is 6.61 Å². The van der Waals surface area contributed by atoms with Crippen molar-refractivity contribution in [1.29, 1.82) is 0 Å². The fourth-order valence-corrected chi connectivity index (χ4v) is 1.21. The van der Waals surface area contributed by atoms with Gasteiger partial charge in [0, 0.05) is 13.2 Å². The molecule has 0 aromatic carbocycles. The van der Waals surface area contributed by atoms with Gasteiger partial charge in [-0.3, -0.25) is 0 Å². The molecule has 0 saturated carbocycles. The van der Waals surface area contributed by atoms with Crippen LogP contribution in [0, 0.1) is 0 Å². The van der Waals surface area contributed by atoms with Crippen LogP contribution in [0.4, 0.5) is 0 Å². The van der Waals surface area contributed by atoms with E-state index >= 15 is 0 Å². The first-order valence-electron chi connectivity index (χ1n) is 3.64. The lowest BCUT2D eigenvalue weighted by molar-refractivity contribution is 0.0515. The molecule has 0 radical (unpaired) electrons. The Hall–Kier alpha value is -0.960. The van der Waals surface area contributed by atoms with Crippen LogP contribution < -0.4 is 0 Å². The first-order valence-corrected chi connectivity index (χ1v) is 4.02. The van der Waals surface area contributed by atoms with Gasteiger partial charge < -0.3 is 9.30 Å². The van der Waals surface area contributed by atoms with Gasteiger partial charge in [0.2, 0.25) is 0 Å². The Morgan fingerprint density at radius 1 is 1.75 bits per heavy atom. The number of esters is 1. The summed E-state index contributed by atoms with van der Waals surface area (Å²) in [6.45, 7) is 2.12. The van der Waals surface area contributed by atoms with E-state index < -0.39 is 0 Å². The van der Waals surface area contributed by atoms with E-state index in [-0.39, 0.29) is 5.97 Å². The van der Waals surface area contributed by atoms with Crippen molar-refractivity contribution in [2.24, 2.45) is 7.05 Å². The van der Waals surface area contributed by atoms with Crippen LogP contribution in [0.25, 0.3) is 0 Å². The molecule has 0 atom stereocenters. The van der Waals surface area contributed by atoms with Crippen LogP contribution in [-0.2, 0) is 11.8 Å². The number of hydrogen-bond acceptors (Lipinski definition) is 2. The Balaban J connectivity index is 2.93. The molecule has 0 aliphatic heterocycles. The summed E-state index contributed by atoms with van der Waals surface area (Å²) >= 11 is 5.75. The largest absolute Gasteiger partial charge is 0.461 e. The monoisotopic (exact) mass is 187 g/mol. The molecule has 0 N–H and O–H groups in total. The summed E-state index contributed by atoms with van der Waals surface area (Å²) < 4.78 is 6.44. The first kappa shape index (κ1) is 9.13. The SMILES string of the molecule is CCOC(=O)c1c(Cl)ccn1C. The molecule has 66 valence electrons. The summed E-state index contributed by atoms with van der Waals surface area (Å²) in [5, 5.41) is 0.427. The van der Waals surface area contributed by atoms with Crippen LogP contribution in [0.5, 0.6) is 0 Å². The van der Waals surface area contributed by atoms with E-state index in [1.165, 1.54) is 0 Å². The number of rotatable bonds is 2. The van der Waals surface area contributed by atoms with Gasteiger partial charge in [-0.25, -0.2) is 4.79 Å². The fourth-order valence-electron chi connectivity index (χ4n) is 0.940. The zero-order valence-electron chi connectivity index (χ0n) is 7.00. The minimum absolute atomic E-state index is 0.361. The van der Waals surface area contributed by atoms with Crippen molar-refractivity contribution < 1.29 is 9.53 Å². The molecule has 4 heteroatoms. The van der Waals surface area contributed by atoms with Crippen LogP contribution in [0.1, 0.15) is 17.4 Å². The van der Waals surface area contributed by atoms with Gasteiger partial charge in [0.15, 0.2) is 0 Å². The highest BCUT2D eigenvalue weighted by atomic mass is 35.5. The lowest BCUT2D eigenvalue weighted by Gasteiger charge is -2.02. The molecule has 1 heterocycles. The number of aryl methyl sites for hydroxylation is 1. The highest BCUT2D eigenvalue weighted by Crippen LogP contribution is 2.16. The molecule has 0 unspecified atom stereocenters. The second-order valence-corrected chi connectivity index (χ2v) is 2.75. The average Bonchev–Trinajstić information content (AvgIpc) is 2.32. The zero-order valence-corrected chi connectivity index (χ0v) is 7.76. The standard InChI is InChI=1S/C8H10ClNO2/c1-3-12-8(11)7-6(9)4-5-10(7)2/h4-5H,3H2,1-2H3. The van der Waals surface area contributed by atoms with Crippen molar-refractivity contribution in [3.63, 3.8) is 0 Å². The van der Waals surface area contributed by atoms with Gasteiger partial charge in [-0.1, -0.05) is 11.6 Å². The number of nitrogens with zero attached hydrogens (tertiary/aromatic N) is 1. The fraction of sp³-hybridized carbons (Fsp3) is 0.375. The maximum Gasteiger partial charge on any atom is 0.356 e. The van der Waals surface area contributed by atoms with E-state index in [0.717, 1.165) is 0 Å². The number of carbonyl (C=O) groups excluding carboxylic acids is 1.